The Kier molecular flexibility index (Phi) is 4.33. The normalized spacial score (nSPS) is 11.4. The Hall–Kier alpha value is -1.15. The van der Waals surface area contributed by atoms with Gasteiger partial charge in [-0.3, -0.25) is 4.72 Å². The maximum Gasteiger partial charge on any atom is 0.264 e. The number of anilines is 1. The molecule has 0 fully saturated rings. The average molecular weight is 357 g/mol. The minimum atomic E-state index is -4.08. The Morgan fingerprint density at radius 2 is 1.85 bits per heavy atom. The van der Waals surface area contributed by atoms with Gasteiger partial charge in [-0.1, -0.05) is 34.8 Å². The lowest BCUT2D eigenvalue weighted by atomic mass is 10.3. The molecule has 5 nitrogen and oxygen atoms in total. The summed E-state index contributed by atoms with van der Waals surface area (Å²) in [6, 6.07) is 2.87. The van der Waals surface area contributed by atoms with Gasteiger partial charge in [-0.2, -0.15) is 0 Å². The number of nitrogens with one attached hydrogen (secondary N) is 1. The summed E-state index contributed by atoms with van der Waals surface area (Å²) in [5.41, 5.74) is 0. The molecule has 0 radical (unpaired) electrons. The molecular weight excluding hydrogens is 352 g/mol. The summed E-state index contributed by atoms with van der Waals surface area (Å²) in [7, 11) is -4.08. The first-order valence-corrected chi connectivity index (χ1v) is 7.57. The van der Waals surface area contributed by atoms with Gasteiger partial charge in [0.05, 0.1) is 5.02 Å². The third-order valence-electron chi connectivity index (χ3n) is 2.16. The van der Waals surface area contributed by atoms with Gasteiger partial charge >= 0.3 is 0 Å². The van der Waals surface area contributed by atoms with Crippen molar-refractivity contribution in [2.45, 2.75) is 4.90 Å². The molecule has 20 heavy (non-hydrogen) atoms. The van der Waals surface area contributed by atoms with Gasteiger partial charge in [0, 0.05) is 0 Å². The van der Waals surface area contributed by atoms with Crippen molar-refractivity contribution in [1.82, 2.24) is 9.97 Å². The molecule has 0 unspecified atom stereocenters. The molecule has 1 aromatic heterocycles. The maximum absolute atomic E-state index is 12.9. The first kappa shape index (κ1) is 15.2. The van der Waals surface area contributed by atoms with Gasteiger partial charge in [0.25, 0.3) is 10.0 Å². The van der Waals surface area contributed by atoms with Crippen LogP contribution in [0.15, 0.2) is 29.4 Å². The van der Waals surface area contributed by atoms with Crippen LogP contribution in [0.2, 0.25) is 15.2 Å². The van der Waals surface area contributed by atoms with E-state index in [1.165, 1.54) is 0 Å². The van der Waals surface area contributed by atoms with Crippen molar-refractivity contribution in [1.29, 1.82) is 0 Å². The maximum atomic E-state index is 12.9. The minimum absolute atomic E-state index is 0.107. The number of rotatable bonds is 3. The van der Waals surface area contributed by atoms with Crippen LogP contribution in [-0.2, 0) is 10.0 Å². The van der Waals surface area contributed by atoms with E-state index in [0.29, 0.717) is 0 Å². The summed E-state index contributed by atoms with van der Waals surface area (Å²) in [4.78, 5) is 6.93. The number of nitrogens with zero attached hydrogens (tertiary/aromatic N) is 2. The van der Waals surface area contributed by atoms with Crippen LogP contribution in [0.5, 0.6) is 0 Å². The molecular formula is C10H5Cl3FN3O2S. The molecule has 0 saturated carbocycles. The fraction of sp³-hybridized carbons (Fsp3) is 0. The van der Waals surface area contributed by atoms with Crippen molar-refractivity contribution < 1.29 is 12.8 Å². The second-order valence-electron chi connectivity index (χ2n) is 3.51. The SMILES string of the molecule is O=S(=O)(Nc1ncnc(Cl)c1Cl)c1ccc(F)cc1Cl. The number of aromatic nitrogens is 2. The van der Waals surface area contributed by atoms with E-state index in [0.717, 1.165) is 24.5 Å². The van der Waals surface area contributed by atoms with Crippen LogP contribution >= 0.6 is 34.8 Å². The lowest BCUT2D eigenvalue weighted by Gasteiger charge is -2.10. The van der Waals surface area contributed by atoms with Crippen molar-refractivity contribution >= 4 is 50.6 Å². The molecule has 2 rings (SSSR count). The third kappa shape index (κ3) is 3.12. The molecule has 1 aromatic carbocycles. The summed E-state index contributed by atoms with van der Waals surface area (Å²) >= 11 is 17.1. The molecule has 1 N–H and O–H groups in total. The molecule has 1 heterocycles. The highest BCUT2D eigenvalue weighted by molar-refractivity contribution is 7.92. The Morgan fingerprint density at radius 1 is 1.15 bits per heavy atom. The van der Waals surface area contributed by atoms with E-state index in [1.807, 2.05) is 0 Å². The Morgan fingerprint density at radius 3 is 2.50 bits per heavy atom. The van der Waals surface area contributed by atoms with Gasteiger partial charge in [0.15, 0.2) is 11.0 Å². The molecule has 2 aromatic rings. The lowest BCUT2D eigenvalue weighted by molar-refractivity contribution is 0.599. The topological polar surface area (TPSA) is 72.0 Å². The zero-order valence-electron chi connectivity index (χ0n) is 9.44. The molecule has 0 spiro atoms. The zero-order chi connectivity index (χ0) is 14.9. The van der Waals surface area contributed by atoms with Crippen LogP contribution in [-0.4, -0.2) is 18.4 Å². The highest BCUT2D eigenvalue weighted by Crippen LogP contribution is 2.29. The highest BCUT2D eigenvalue weighted by atomic mass is 35.5. The van der Waals surface area contributed by atoms with E-state index in [9.17, 15) is 12.8 Å². The highest BCUT2D eigenvalue weighted by Gasteiger charge is 2.21. The Balaban J connectivity index is 2.44. The molecule has 0 amide bonds. The van der Waals surface area contributed by atoms with Crippen molar-refractivity contribution in [2.75, 3.05) is 4.72 Å². The van der Waals surface area contributed by atoms with Gasteiger partial charge in [0.2, 0.25) is 0 Å². The molecule has 0 bridgehead atoms. The summed E-state index contributed by atoms with van der Waals surface area (Å²) < 4.78 is 39.3. The van der Waals surface area contributed by atoms with Crippen LogP contribution in [0.25, 0.3) is 0 Å². The number of benzene rings is 1. The van der Waals surface area contributed by atoms with Gasteiger partial charge in [-0.05, 0) is 18.2 Å². The minimum Gasteiger partial charge on any atom is -0.262 e. The number of hydrogen-bond donors (Lipinski definition) is 1. The molecule has 0 saturated heterocycles. The standard InChI is InChI=1S/C10H5Cl3FN3O2S/c11-6-3-5(14)1-2-7(6)20(18,19)17-10-8(12)9(13)15-4-16-10/h1-4H,(H,15,16,17). The molecule has 0 aliphatic carbocycles. The Bertz CT molecular complexity index is 770. The first-order chi connectivity index (χ1) is 9.31. The van der Waals surface area contributed by atoms with Crippen molar-refractivity contribution in [2.24, 2.45) is 0 Å². The second kappa shape index (κ2) is 5.69. The zero-order valence-corrected chi connectivity index (χ0v) is 12.5. The van der Waals surface area contributed by atoms with E-state index in [-0.39, 0.29) is 25.9 Å². The van der Waals surface area contributed by atoms with Gasteiger partial charge in [-0.15, -0.1) is 0 Å². The average Bonchev–Trinajstić information content (AvgIpc) is 2.34. The number of hydrogen-bond acceptors (Lipinski definition) is 4. The summed E-state index contributed by atoms with van der Waals surface area (Å²) in [5.74, 6) is -0.857. The van der Waals surface area contributed by atoms with Crippen molar-refractivity contribution in [3.63, 3.8) is 0 Å². The van der Waals surface area contributed by atoms with E-state index in [1.54, 1.807) is 0 Å². The van der Waals surface area contributed by atoms with E-state index >= 15 is 0 Å². The smallest absolute Gasteiger partial charge is 0.262 e. The predicted molar refractivity (Wildman–Crippen MR) is 74.3 cm³/mol. The van der Waals surface area contributed by atoms with Crippen molar-refractivity contribution in [3.8, 4) is 0 Å². The largest absolute Gasteiger partial charge is 0.264 e. The summed E-state index contributed by atoms with van der Waals surface area (Å²) in [6.07, 6.45) is 1.04. The van der Waals surface area contributed by atoms with Crippen LogP contribution in [0.3, 0.4) is 0 Å². The van der Waals surface area contributed by atoms with Crippen LogP contribution < -0.4 is 4.72 Å². The third-order valence-corrected chi connectivity index (χ3v) is 4.72. The summed E-state index contributed by atoms with van der Waals surface area (Å²) in [5, 5.41) is -0.533. The van der Waals surface area contributed by atoms with E-state index in [2.05, 4.69) is 14.7 Å². The fourth-order valence-corrected chi connectivity index (χ4v) is 3.18. The molecule has 0 aliphatic heterocycles. The molecule has 0 aliphatic rings. The van der Waals surface area contributed by atoms with Gasteiger partial charge < -0.3 is 0 Å². The van der Waals surface area contributed by atoms with E-state index < -0.39 is 15.8 Å². The fourth-order valence-electron chi connectivity index (χ4n) is 1.29. The number of halogens is 4. The van der Waals surface area contributed by atoms with Crippen molar-refractivity contribution in [3.05, 3.63) is 45.5 Å². The van der Waals surface area contributed by atoms with Crippen LogP contribution in [0.4, 0.5) is 10.2 Å². The molecule has 10 heteroatoms. The summed E-state index contributed by atoms with van der Waals surface area (Å²) in [6.45, 7) is 0. The monoisotopic (exact) mass is 355 g/mol. The van der Waals surface area contributed by atoms with Gasteiger partial charge in [-0.25, -0.2) is 22.8 Å². The molecule has 0 atom stereocenters. The lowest BCUT2D eigenvalue weighted by Crippen LogP contribution is -2.15. The van der Waals surface area contributed by atoms with E-state index in [4.69, 9.17) is 34.8 Å². The number of sulfonamides is 1. The van der Waals surface area contributed by atoms with Crippen LogP contribution in [0, 0.1) is 5.82 Å². The predicted octanol–water partition coefficient (Wildman–Crippen LogP) is 3.38. The second-order valence-corrected chi connectivity index (χ2v) is 6.30. The molecule has 106 valence electrons. The quantitative estimate of drug-likeness (QED) is 0.856. The van der Waals surface area contributed by atoms with Gasteiger partial charge in [0.1, 0.15) is 22.1 Å². The Labute approximate surface area is 128 Å². The van der Waals surface area contributed by atoms with Crippen LogP contribution in [0.1, 0.15) is 0 Å². The first-order valence-electron chi connectivity index (χ1n) is 4.95.